The number of anilines is 2. The summed E-state index contributed by atoms with van der Waals surface area (Å²) in [6, 6.07) is 8.26. The van der Waals surface area contributed by atoms with Gasteiger partial charge >= 0.3 is 0 Å². The zero-order valence-corrected chi connectivity index (χ0v) is 15.3. The molecule has 0 aliphatic carbocycles. The number of nitrogens with one attached hydrogen (secondary N) is 2. The summed E-state index contributed by atoms with van der Waals surface area (Å²) in [6.45, 7) is 3.30. The molecule has 9 heteroatoms. The van der Waals surface area contributed by atoms with Crippen LogP contribution in [0.2, 0.25) is 5.02 Å². The molecule has 1 aromatic carbocycles. The molecule has 128 valence electrons. The second kappa shape index (κ2) is 6.62. The zero-order valence-electron chi connectivity index (χ0n) is 12.9. The van der Waals surface area contributed by atoms with Gasteiger partial charge in [-0.15, -0.1) is 11.3 Å². The number of carbonyl (C=O) groups is 1. The summed E-state index contributed by atoms with van der Waals surface area (Å²) >= 11 is 7.49. The lowest BCUT2D eigenvalue weighted by molar-refractivity contribution is -0.120. The first kappa shape index (κ1) is 17.1. The first-order valence-electron chi connectivity index (χ1n) is 7.25. The number of halogens is 1. The van der Waals surface area contributed by atoms with Crippen LogP contribution >= 0.6 is 22.9 Å². The smallest absolute Gasteiger partial charge is 0.271 e. The fourth-order valence-electron chi connectivity index (χ4n) is 2.43. The van der Waals surface area contributed by atoms with Crippen LogP contribution in [0.15, 0.2) is 34.5 Å². The van der Waals surface area contributed by atoms with E-state index in [0.717, 1.165) is 4.88 Å². The minimum atomic E-state index is -3.62. The van der Waals surface area contributed by atoms with E-state index < -0.39 is 10.0 Å². The molecule has 2 N–H and O–H groups in total. The van der Waals surface area contributed by atoms with E-state index in [9.17, 15) is 13.2 Å². The Bertz CT molecular complexity index is 880. The van der Waals surface area contributed by atoms with Crippen LogP contribution in [0.25, 0.3) is 0 Å². The summed E-state index contributed by atoms with van der Waals surface area (Å²) in [4.78, 5) is 14.3. The number of benzene rings is 1. The van der Waals surface area contributed by atoms with Gasteiger partial charge in [-0.1, -0.05) is 11.6 Å². The van der Waals surface area contributed by atoms with Gasteiger partial charge in [0.25, 0.3) is 10.0 Å². The number of carbonyl (C=O) groups excluding carboxylic acids is 1. The summed E-state index contributed by atoms with van der Waals surface area (Å²) in [5, 5.41) is 3.15. The molecule has 2 aromatic rings. The van der Waals surface area contributed by atoms with E-state index in [1.807, 2.05) is 11.8 Å². The van der Waals surface area contributed by atoms with Crippen molar-refractivity contribution in [2.45, 2.75) is 11.1 Å². The molecule has 0 radical (unpaired) electrons. The molecule has 1 saturated heterocycles. The monoisotopic (exact) mass is 385 g/mol. The van der Waals surface area contributed by atoms with Gasteiger partial charge in [0.1, 0.15) is 4.21 Å². The van der Waals surface area contributed by atoms with Crippen LogP contribution in [0.1, 0.15) is 4.88 Å². The molecule has 0 spiro atoms. The van der Waals surface area contributed by atoms with Gasteiger partial charge in [-0.05, 0) is 37.3 Å². The standard InChI is InChI=1S/C15H16ClN3O3S2/c1-10-2-5-15(23-10)24(21,22)18-11-3-4-13(12(16)8-11)19-7-6-17-14(20)9-19/h2-5,8,18H,6-7,9H2,1H3,(H,17,20). The van der Waals surface area contributed by atoms with Crippen molar-refractivity contribution in [2.24, 2.45) is 0 Å². The maximum Gasteiger partial charge on any atom is 0.271 e. The van der Waals surface area contributed by atoms with Gasteiger partial charge in [0.2, 0.25) is 5.91 Å². The van der Waals surface area contributed by atoms with Crippen molar-refractivity contribution in [3.05, 3.63) is 40.2 Å². The molecule has 0 unspecified atom stereocenters. The molecule has 2 heterocycles. The van der Waals surface area contributed by atoms with Crippen LogP contribution in [-0.2, 0) is 14.8 Å². The first-order chi connectivity index (χ1) is 11.3. The van der Waals surface area contributed by atoms with E-state index in [2.05, 4.69) is 10.0 Å². The van der Waals surface area contributed by atoms with E-state index in [0.29, 0.717) is 29.5 Å². The number of hydrogen-bond acceptors (Lipinski definition) is 5. The van der Waals surface area contributed by atoms with Crippen LogP contribution in [0.4, 0.5) is 11.4 Å². The molecule has 3 rings (SSSR count). The van der Waals surface area contributed by atoms with E-state index in [1.165, 1.54) is 11.3 Å². The summed E-state index contributed by atoms with van der Waals surface area (Å²) in [7, 11) is -3.62. The minimum absolute atomic E-state index is 0.0600. The number of amides is 1. The quantitative estimate of drug-likeness (QED) is 0.847. The summed E-state index contributed by atoms with van der Waals surface area (Å²) in [5.74, 6) is -0.0600. The van der Waals surface area contributed by atoms with Crippen LogP contribution in [-0.4, -0.2) is 34.0 Å². The fraction of sp³-hybridized carbons (Fsp3) is 0.267. The third-order valence-electron chi connectivity index (χ3n) is 3.56. The lowest BCUT2D eigenvalue weighted by Gasteiger charge is -2.29. The zero-order chi connectivity index (χ0) is 17.3. The highest BCUT2D eigenvalue weighted by Crippen LogP contribution is 2.31. The van der Waals surface area contributed by atoms with E-state index >= 15 is 0 Å². The Morgan fingerprint density at radius 2 is 2.08 bits per heavy atom. The SMILES string of the molecule is Cc1ccc(S(=O)(=O)Nc2ccc(N3CCNC(=O)C3)c(Cl)c2)s1. The lowest BCUT2D eigenvalue weighted by atomic mass is 10.2. The second-order valence-electron chi connectivity index (χ2n) is 5.41. The number of aryl methyl sites for hydroxylation is 1. The highest BCUT2D eigenvalue weighted by atomic mass is 35.5. The Morgan fingerprint density at radius 1 is 1.29 bits per heavy atom. The number of hydrogen-bond donors (Lipinski definition) is 2. The van der Waals surface area contributed by atoms with Gasteiger partial charge in [0.15, 0.2) is 0 Å². The molecule has 0 saturated carbocycles. The van der Waals surface area contributed by atoms with Gasteiger partial charge in [-0.3, -0.25) is 9.52 Å². The van der Waals surface area contributed by atoms with Crippen molar-refractivity contribution >= 4 is 50.2 Å². The Hall–Kier alpha value is -1.77. The number of thiophene rings is 1. The molecule has 0 bridgehead atoms. The lowest BCUT2D eigenvalue weighted by Crippen LogP contribution is -2.47. The third kappa shape index (κ3) is 3.66. The Balaban J connectivity index is 1.81. The minimum Gasteiger partial charge on any atom is -0.359 e. The van der Waals surface area contributed by atoms with Gasteiger partial charge in [0, 0.05) is 18.0 Å². The average molecular weight is 386 g/mol. The number of piperazine rings is 1. The third-order valence-corrected chi connectivity index (χ3v) is 6.74. The van der Waals surface area contributed by atoms with Crippen molar-refractivity contribution in [1.82, 2.24) is 5.32 Å². The average Bonchev–Trinajstić information content (AvgIpc) is 2.94. The predicted octanol–water partition coefficient (Wildman–Crippen LogP) is 2.45. The molecule has 1 amide bonds. The highest BCUT2D eigenvalue weighted by Gasteiger charge is 2.20. The molecule has 1 aromatic heterocycles. The second-order valence-corrected chi connectivity index (χ2v) is 9.01. The Labute approximate surface area is 149 Å². The number of nitrogens with zero attached hydrogens (tertiary/aromatic N) is 1. The normalized spacial score (nSPS) is 15.2. The first-order valence-corrected chi connectivity index (χ1v) is 9.93. The topological polar surface area (TPSA) is 78.5 Å². The maximum absolute atomic E-state index is 12.3. The number of rotatable bonds is 4. The molecule has 1 aliphatic rings. The number of sulfonamides is 1. The molecular formula is C15H16ClN3O3S2. The van der Waals surface area contributed by atoms with Crippen LogP contribution < -0.4 is 14.9 Å². The van der Waals surface area contributed by atoms with E-state index in [4.69, 9.17) is 11.6 Å². The van der Waals surface area contributed by atoms with Crippen molar-refractivity contribution in [3.63, 3.8) is 0 Å². The summed E-state index contributed by atoms with van der Waals surface area (Å²) < 4.78 is 27.5. The fourth-order valence-corrected chi connectivity index (χ4v) is 5.07. The van der Waals surface area contributed by atoms with Gasteiger partial charge in [-0.2, -0.15) is 0 Å². The summed E-state index contributed by atoms with van der Waals surface area (Å²) in [6.07, 6.45) is 0. The molecule has 6 nitrogen and oxygen atoms in total. The van der Waals surface area contributed by atoms with Gasteiger partial charge in [0.05, 0.1) is 22.9 Å². The molecule has 24 heavy (non-hydrogen) atoms. The van der Waals surface area contributed by atoms with Gasteiger partial charge in [-0.25, -0.2) is 8.42 Å². The van der Waals surface area contributed by atoms with Gasteiger partial charge < -0.3 is 10.2 Å². The van der Waals surface area contributed by atoms with Crippen molar-refractivity contribution < 1.29 is 13.2 Å². The van der Waals surface area contributed by atoms with E-state index in [1.54, 1.807) is 30.3 Å². The van der Waals surface area contributed by atoms with Crippen LogP contribution in [0, 0.1) is 6.92 Å². The summed E-state index contributed by atoms with van der Waals surface area (Å²) in [5.41, 5.74) is 1.10. The van der Waals surface area contributed by atoms with Crippen molar-refractivity contribution in [3.8, 4) is 0 Å². The molecule has 0 atom stereocenters. The van der Waals surface area contributed by atoms with Crippen LogP contribution in [0.3, 0.4) is 0 Å². The maximum atomic E-state index is 12.3. The predicted molar refractivity (Wildman–Crippen MR) is 96.5 cm³/mol. The highest BCUT2D eigenvalue weighted by molar-refractivity contribution is 7.94. The largest absolute Gasteiger partial charge is 0.359 e. The molecular weight excluding hydrogens is 370 g/mol. The van der Waals surface area contributed by atoms with Crippen molar-refractivity contribution in [1.29, 1.82) is 0 Å². The molecule has 1 aliphatic heterocycles. The van der Waals surface area contributed by atoms with Crippen LogP contribution in [0.5, 0.6) is 0 Å². The molecule has 1 fully saturated rings. The Morgan fingerprint density at radius 3 is 2.71 bits per heavy atom. The Kier molecular flexibility index (Phi) is 4.71. The van der Waals surface area contributed by atoms with Crippen molar-refractivity contribution in [2.75, 3.05) is 29.3 Å². The van der Waals surface area contributed by atoms with E-state index in [-0.39, 0.29) is 16.7 Å².